The molecule has 0 spiro atoms. The van der Waals surface area contributed by atoms with Gasteiger partial charge < -0.3 is 14.2 Å². The third kappa shape index (κ3) is 3.59. The van der Waals surface area contributed by atoms with E-state index in [2.05, 4.69) is 4.57 Å². The van der Waals surface area contributed by atoms with E-state index in [1.807, 2.05) is 29.3 Å². The summed E-state index contributed by atoms with van der Waals surface area (Å²) in [7, 11) is 1.34. The van der Waals surface area contributed by atoms with E-state index in [-0.39, 0.29) is 24.5 Å². The van der Waals surface area contributed by atoms with E-state index in [1.165, 1.54) is 12.0 Å². The lowest BCUT2D eigenvalue weighted by Gasteiger charge is -2.38. The highest BCUT2D eigenvalue weighted by atomic mass is 35.5. The zero-order valence-corrected chi connectivity index (χ0v) is 17.0. The molecule has 4 rings (SSSR count). The van der Waals surface area contributed by atoms with E-state index in [9.17, 15) is 9.59 Å². The third-order valence-electron chi connectivity index (χ3n) is 5.32. The van der Waals surface area contributed by atoms with E-state index in [4.69, 9.17) is 27.9 Å². The predicted octanol–water partition coefficient (Wildman–Crippen LogP) is 3.96. The maximum Gasteiger partial charge on any atom is 0.410 e. The molecule has 1 aliphatic heterocycles. The Hall–Kier alpha value is -2.18. The summed E-state index contributed by atoms with van der Waals surface area (Å²) in [5.41, 5.74) is 1.90. The molecule has 0 saturated heterocycles. The van der Waals surface area contributed by atoms with Gasteiger partial charge in [0, 0.05) is 31.0 Å². The minimum Gasteiger partial charge on any atom is -0.453 e. The van der Waals surface area contributed by atoms with E-state index in [0.29, 0.717) is 23.1 Å². The van der Waals surface area contributed by atoms with Gasteiger partial charge in [-0.25, -0.2) is 4.79 Å². The smallest absolute Gasteiger partial charge is 0.410 e. The van der Waals surface area contributed by atoms with Crippen molar-refractivity contribution >= 4 is 35.2 Å². The summed E-state index contributed by atoms with van der Waals surface area (Å²) in [6.07, 6.45) is 3.36. The molecular formula is C20H21Cl2N3O3. The van der Waals surface area contributed by atoms with Crippen molar-refractivity contribution in [3.8, 4) is 0 Å². The summed E-state index contributed by atoms with van der Waals surface area (Å²) in [5, 5.41) is 0.921. The molecule has 8 heteroatoms. The topological polar surface area (TPSA) is 54.8 Å². The number of rotatable bonds is 4. The Bertz CT molecular complexity index is 910. The van der Waals surface area contributed by atoms with Gasteiger partial charge in [0.2, 0.25) is 5.91 Å². The number of methoxy groups -OCH3 is 1. The van der Waals surface area contributed by atoms with Crippen molar-refractivity contribution in [1.29, 1.82) is 0 Å². The summed E-state index contributed by atoms with van der Waals surface area (Å²) >= 11 is 12.3. The molecule has 1 atom stereocenters. The number of halogens is 2. The molecule has 0 radical (unpaired) electrons. The van der Waals surface area contributed by atoms with Gasteiger partial charge in [0.05, 0.1) is 23.2 Å². The quantitative estimate of drug-likeness (QED) is 0.750. The summed E-state index contributed by atoms with van der Waals surface area (Å²) in [6, 6.07) is 9.22. The van der Waals surface area contributed by atoms with Gasteiger partial charge in [-0.3, -0.25) is 9.69 Å². The van der Waals surface area contributed by atoms with Crippen molar-refractivity contribution in [1.82, 2.24) is 14.4 Å². The first-order valence-electron chi connectivity index (χ1n) is 9.23. The van der Waals surface area contributed by atoms with Crippen LogP contribution in [-0.4, -0.2) is 52.6 Å². The van der Waals surface area contributed by atoms with E-state index >= 15 is 0 Å². The SMILES string of the molecule is COC(=O)N(CC(=O)N1CCn2cccc2C1c1ccc(Cl)c(Cl)c1)C1CC1. The average Bonchev–Trinajstić information content (AvgIpc) is 3.42. The summed E-state index contributed by atoms with van der Waals surface area (Å²) in [5.74, 6) is -0.110. The van der Waals surface area contributed by atoms with Gasteiger partial charge in [-0.2, -0.15) is 0 Å². The number of nitrogens with zero attached hydrogens (tertiary/aromatic N) is 3. The summed E-state index contributed by atoms with van der Waals surface area (Å²) < 4.78 is 7.00. The van der Waals surface area contributed by atoms with Crippen LogP contribution in [0.3, 0.4) is 0 Å². The van der Waals surface area contributed by atoms with Crippen LogP contribution in [0.4, 0.5) is 4.79 Å². The second-order valence-electron chi connectivity index (χ2n) is 7.12. The Labute approximate surface area is 173 Å². The molecule has 2 amide bonds. The molecule has 1 aromatic heterocycles. The Morgan fingerprint density at radius 3 is 2.64 bits per heavy atom. The largest absolute Gasteiger partial charge is 0.453 e. The number of aromatic nitrogens is 1. The molecule has 1 saturated carbocycles. The normalized spacial score (nSPS) is 18.5. The van der Waals surface area contributed by atoms with E-state index in [0.717, 1.165) is 24.1 Å². The van der Waals surface area contributed by atoms with Crippen LogP contribution < -0.4 is 0 Å². The fourth-order valence-corrected chi connectivity index (χ4v) is 4.07. The van der Waals surface area contributed by atoms with Gasteiger partial charge in [-0.1, -0.05) is 29.3 Å². The average molecular weight is 422 g/mol. The highest BCUT2D eigenvalue weighted by Crippen LogP contribution is 2.36. The first kappa shape index (κ1) is 19.2. The van der Waals surface area contributed by atoms with Crippen molar-refractivity contribution in [3.05, 3.63) is 57.8 Å². The van der Waals surface area contributed by atoms with Crippen molar-refractivity contribution < 1.29 is 14.3 Å². The van der Waals surface area contributed by atoms with Crippen LogP contribution in [0.25, 0.3) is 0 Å². The van der Waals surface area contributed by atoms with Gasteiger partial charge in [-0.15, -0.1) is 0 Å². The summed E-state index contributed by atoms with van der Waals surface area (Å²) in [6.45, 7) is 1.26. The maximum atomic E-state index is 13.2. The van der Waals surface area contributed by atoms with E-state index in [1.54, 1.807) is 12.1 Å². The predicted molar refractivity (Wildman–Crippen MR) is 107 cm³/mol. The number of ether oxygens (including phenoxy) is 1. The minimum atomic E-state index is -0.456. The number of amides is 2. The van der Waals surface area contributed by atoms with Crippen LogP contribution in [0.15, 0.2) is 36.5 Å². The molecule has 0 bridgehead atoms. The third-order valence-corrected chi connectivity index (χ3v) is 6.06. The second-order valence-corrected chi connectivity index (χ2v) is 7.93. The molecule has 2 aromatic rings. The van der Waals surface area contributed by atoms with Crippen molar-refractivity contribution in [3.63, 3.8) is 0 Å². The zero-order valence-electron chi connectivity index (χ0n) is 15.5. The lowest BCUT2D eigenvalue weighted by atomic mass is 9.99. The number of fused-ring (bicyclic) bond motifs is 1. The highest BCUT2D eigenvalue weighted by Gasteiger charge is 2.38. The minimum absolute atomic E-state index is 0.00979. The van der Waals surface area contributed by atoms with Crippen LogP contribution in [0.2, 0.25) is 10.0 Å². The molecule has 28 heavy (non-hydrogen) atoms. The summed E-state index contributed by atoms with van der Waals surface area (Å²) in [4.78, 5) is 28.7. The van der Waals surface area contributed by atoms with Gasteiger partial charge >= 0.3 is 6.09 Å². The number of carbonyl (C=O) groups is 2. The number of hydrogen-bond acceptors (Lipinski definition) is 3. The lowest BCUT2D eigenvalue weighted by Crippen LogP contribution is -2.48. The maximum absolute atomic E-state index is 13.2. The fraction of sp³-hybridized carbons (Fsp3) is 0.400. The van der Waals surface area contributed by atoms with Crippen molar-refractivity contribution in [2.75, 3.05) is 20.2 Å². The Morgan fingerprint density at radius 1 is 1.18 bits per heavy atom. The van der Waals surface area contributed by atoms with Crippen LogP contribution in [-0.2, 0) is 16.1 Å². The molecule has 2 aliphatic rings. The number of carbonyl (C=O) groups excluding carboxylic acids is 2. The second kappa shape index (κ2) is 7.68. The molecule has 2 heterocycles. The highest BCUT2D eigenvalue weighted by molar-refractivity contribution is 6.42. The number of benzene rings is 1. The van der Waals surface area contributed by atoms with Crippen LogP contribution in [0, 0.1) is 0 Å². The molecular weight excluding hydrogens is 401 g/mol. The molecule has 1 aromatic carbocycles. The van der Waals surface area contributed by atoms with Crippen LogP contribution >= 0.6 is 23.2 Å². The molecule has 148 valence electrons. The van der Waals surface area contributed by atoms with Gasteiger partial charge in [-0.05, 0) is 42.7 Å². The monoisotopic (exact) mass is 421 g/mol. The van der Waals surface area contributed by atoms with Crippen LogP contribution in [0.1, 0.15) is 30.1 Å². The molecule has 1 aliphatic carbocycles. The van der Waals surface area contributed by atoms with Crippen molar-refractivity contribution in [2.24, 2.45) is 0 Å². The number of hydrogen-bond donors (Lipinski definition) is 0. The fourth-order valence-electron chi connectivity index (χ4n) is 3.77. The lowest BCUT2D eigenvalue weighted by molar-refractivity contribution is -0.135. The van der Waals surface area contributed by atoms with Gasteiger partial charge in [0.1, 0.15) is 6.54 Å². The van der Waals surface area contributed by atoms with Crippen LogP contribution in [0.5, 0.6) is 0 Å². The molecule has 1 fully saturated rings. The first-order valence-corrected chi connectivity index (χ1v) is 9.99. The molecule has 6 nitrogen and oxygen atoms in total. The Balaban J connectivity index is 1.65. The first-order chi connectivity index (χ1) is 13.5. The van der Waals surface area contributed by atoms with Gasteiger partial charge in [0.15, 0.2) is 0 Å². The molecule has 0 N–H and O–H groups in total. The Morgan fingerprint density at radius 2 is 1.96 bits per heavy atom. The van der Waals surface area contributed by atoms with Gasteiger partial charge in [0.25, 0.3) is 0 Å². The van der Waals surface area contributed by atoms with E-state index < -0.39 is 6.09 Å². The molecule has 1 unspecified atom stereocenters. The standard InChI is InChI=1S/C20H21Cl2N3O3/c1-28-20(27)25(14-5-6-14)12-18(26)24-10-9-23-8-2-3-17(23)19(24)13-4-7-15(21)16(22)11-13/h2-4,7-8,11,14,19H,5-6,9-10,12H2,1H3. The van der Waals surface area contributed by atoms with Crippen molar-refractivity contribution in [2.45, 2.75) is 31.5 Å². The zero-order chi connectivity index (χ0) is 19.8. The Kier molecular flexibility index (Phi) is 5.25.